The maximum atomic E-state index is 12.2. The van der Waals surface area contributed by atoms with E-state index in [1.165, 1.54) is 96.0 Å². The molecule has 0 aromatic carbocycles. The Balaban J connectivity index is 3.86. The summed E-state index contributed by atoms with van der Waals surface area (Å²) in [5, 5.41) is 39.7. The monoisotopic (exact) mass is 721 g/mol. The first-order valence-electron chi connectivity index (χ1n) is 20.5. The van der Waals surface area contributed by atoms with Gasteiger partial charge in [-0.15, -0.1) is 0 Å². The van der Waals surface area contributed by atoms with Crippen molar-refractivity contribution in [3.05, 3.63) is 48.6 Å². The van der Waals surface area contributed by atoms with Crippen LogP contribution < -0.4 is 0 Å². The van der Waals surface area contributed by atoms with Crippen LogP contribution in [0.3, 0.4) is 0 Å². The van der Waals surface area contributed by atoms with Crippen LogP contribution in [0.25, 0.3) is 0 Å². The van der Waals surface area contributed by atoms with Gasteiger partial charge in [0.05, 0.1) is 24.9 Å². The van der Waals surface area contributed by atoms with Crippen LogP contribution in [0.2, 0.25) is 0 Å². The fraction of sp³-hybridized carbons (Fsp3) is 0.767. The van der Waals surface area contributed by atoms with Crippen LogP contribution in [-0.4, -0.2) is 70.0 Å². The van der Waals surface area contributed by atoms with Crippen molar-refractivity contribution in [1.82, 2.24) is 0 Å². The smallest absolute Gasteiger partial charge is 0.306 e. The lowest BCUT2D eigenvalue weighted by Gasteiger charge is -2.16. The molecule has 8 nitrogen and oxygen atoms in total. The lowest BCUT2D eigenvalue weighted by Crippen LogP contribution is -2.28. The highest BCUT2D eigenvalue weighted by molar-refractivity contribution is 5.70. The number of carbonyl (C=O) groups excluding carboxylic acids is 2. The van der Waals surface area contributed by atoms with Crippen molar-refractivity contribution in [3.63, 3.8) is 0 Å². The van der Waals surface area contributed by atoms with E-state index in [0.717, 1.165) is 44.9 Å². The molecule has 4 atom stereocenters. The first-order chi connectivity index (χ1) is 24.8. The van der Waals surface area contributed by atoms with Crippen LogP contribution >= 0.6 is 0 Å². The Bertz CT molecular complexity index is 912. The first kappa shape index (κ1) is 48.7. The molecule has 0 rings (SSSR count). The van der Waals surface area contributed by atoms with Gasteiger partial charge in [-0.25, -0.2) is 0 Å². The molecule has 0 saturated carbocycles. The molecule has 4 N–H and O–H groups in total. The fourth-order valence-corrected chi connectivity index (χ4v) is 5.70. The zero-order chi connectivity index (χ0) is 37.6. The van der Waals surface area contributed by atoms with Crippen molar-refractivity contribution in [2.45, 2.75) is 199 Å². The Labute approximate surface area is 311 Å². The highest BCUT2D eigenvalue weighted by Gasteiger charge is 2.17. The van der Waals surface area contributed by atoms with Crippen molar-refractivity contribution >= 4 is 11.9 Å². The number of ether oxygens (including phenoxy) is 2. The average Bonchev–Trinajstić information content (AvgIpc) is 3.12. The summed E-state index contributed by atoms with van der Waals surface area (Å²) in [6, 6.07) is 0. The molecular weight excluding hydrogens is 644 g/mol. The molecule has 0 radical (unpaired) electrons. The summed E-state index contributed by atoms with van der Waals surface area (Å²) in [6.45, 7) is 3.74. The second-order valence-corrected chi connectivity index (χ2v) is 13.9. The maximum absolute atomic E-state index is 12.2. The third kappa shape index (κ3) is 34.6. The summed E-state index contributed by atoms with van der Waals surface area (Å²) in [4.78, 5) is 24.3. The summed E-state index contributed by atoms with van der Waals surface area (Å²) in [6.07, 6.45) is 36.8. The number of hydrogen-bond acceptors (Lipinski definition) is 8. The predicted molar refractivity (Wildman–Crippen MR) is 209 cm³/mol. The van der Waals surface area contributed by atoms with Crippen LogP contribution in [0, 0.1) is 0 Å². The van der Waals surface area contributed by atoms with Crippen molar-refractivity contribution in [2.75, 3.05) is 13.2 Å². The highest BCUT2D eigenvalue weighted by Crippen LogP contribution is 2.15. The molecule has 0 saturated heterocycles. The summed E-state index contributed by atoms with van der Waals surface area (Å²) in [5.74, 6) is -0.918. The lowest BCUT2D eigenvalue weighted by molar-refractivity contribution is -0.161. The van der Waals surface area contributed by atoms with E-state index >= 15 is 0 Å². The summed E-state index contributed by atoms with van der Waals surface area (Å²) >= 11 is 0. The van der Waals surface area contributed by atoms with Gasteiger partial charge >= 0.3 is 11.9 Å². The van der Waals surface area contributed by atoms with Crippen molar-refractivity contribution in [2.24, 2.45) is 0 Å². The van der Waals surface area contributed by atoms with Crippen molar-refractivity contribution in [3.8, 4) is 0 Å². The van der Waals surface area contributed by atoms with E-state index in [1.807, 2.05) is 6.08 Å². The van der Waals surface area contributed by atoms with Crippen LogP contribution in [-0.2, 0) is 19.1 Å². The van der Waals surface area contributed by atoms with Crippen LogP contribution in [0.4, 0.5) is 0 Å². The minimum atomic E-state index is -1.08. The largest absolute Gasteiger partial charge is 0.462 e. The Morgan fingerprint density at radius 3 is 1.51 bits per heavy atom. The quantitative estimate of drug-likeness (QED) is 0.0286. The van der Waals surface area contributed by atoms with Crippen molar-refractivity contribution in [1.29, 1.82) is 0 Å². The van der Waals surface area contributed by atoms with E-state index in [-0.39, 0.29) is 25.9 Å². The van der Waals surface area contributed by atoms with Gasteiger partial charge in [0, 0.05) is 12.8 Å². The van der Waals surface area contributed by atoms with Gasteiger partial charge in [-0.3, -0.25) is 9.59 Å². The molecule has 0 heterocycles. The van der Waals surface area contributed by atoms with Crippen LogP contribution in [0.5, 0.6) is 0 Å². The molecule has 0 spiro atoms. The fourth-order valence-electron chi connectivity index (χ4n) is 5.70. The van der Waals surface area contributed by atoms with Gasteiger partial charge in [0.25, 0.3) is 0 Å². The molecule has 51 heavy (non-hydrogen) atoms. The van der Waals surface area contributed by atoms with E-state index in [9.17, 15) is 30.0 Å². The van der Waals surface area contributed by atoms with Crippen LogP contribution in [0.15, 0.2) is 48.6 Å². The minimum absolute atomic E-state index is 0.0321. The number of aliphatic hydroxyl groups excluding tert-OH is 4. The third-order valence-corrected chi connectivity index (χ3v) is 8.99. The topological polar surface area (TPSA) is 134 Å². The average molecular weight is 721 g/mol. The number of carbonyl (C=O) groups is 2. The number of hydrogen-bond donors (Lipinski definition) is 4. The van der Waals surface area contributed by atoms with Gasteiger partial charge in [-0.2, -0.15) is 0 Å². The number of unbranched alkanes of at least 4 members (excludes halogenated alkanes) is 18. The van der Waals surface area contributed by atoms with Gasteiger partial charge in [0.15, 0.2) is 6.10 Å². The molecule has 0 aromatic rings. The minimum Gasteiger partial charge on any atom is -0.462 e. The number of allylic oxidation sites excluding steroid dienone is 6. The van der Waals surface area contributed by atoms with Gasteiger partial charge in [0.2, 0.25) is 0 Å². The molecule has 296 valence electrons. The Hall–Kier alpha value is -2.26. The molecule has 0 aliphatic carbocycles. The Kier molecular flexibility index (Phi) is 35.8. The van der Waals surface area contributed by atoms with Gasteiger partial charge in [-0.1, -0.05) is 184 Å². The zero-order valence-electron chi connectivity index (χ0n) is 32.4. The molecule has 0 aliphatic rings. The second kappa shape index (κ2) is 37.5. The number of aliphatic hydroxyl groups is 4. The van der Waals surface area contributed by atoms with Gasteiger partial charge in [-0.05, 0) is 25.7 Å². The summed E-state index contributed by atoms with van der Waals surface area (Å²) in [5.41, 5.74) is 0. The van der Waals surface area contributed by atoms with Gasteiger partial charge < -0.3 is 29.9 Å². The molecule has 0 bridgehead atoms. The van der Waals surface area contributed by atoms with E-state index in [2.05, 4.69) is 13.8 Å². The molecule has 0 aromatic heterocycles. The first-order valence-corrected chi connectivity index (χ1v) is 20.5. The number of rotatable bonds is 36. The van der Waals surface area contributed by atoms with E-state index < -0.39 is 43.0 Å². The van der Waals surface area contributed by atoms with Gasteiger partial charge in [0.1, 0.15) is 6.61 Å². The standard InChI is InChI=1S/C43H76O8/c1-3-5-7-8-9-10-11-12-13-14-15-16-17-18-19-24-28-34-43(49)51-39(36-44)37-50-42(48)35-29-33-41(47)40(46)32-27-23-21-20-22-26-31-38(45)30-25-6-4-2/h20-23,26-27,31-32,38-41,44-47H,3-19,24-25,28-30,33-37H2,1-2H3/b22-20-,23-21+,31-26+,32-27+/t38-,39+,40-,41-/m1/s1. The maximum Gasteiger partial charge on any atom is 0.306 e. The SMILES string of the molecule is CCCCCCCCCCCCCCCCCCCC(=O)O[C@@H](CO)COC(=O)CCC[C@@H](O)[C@H](O)/C=C/C=C/C=C\C=C\[C@H](O)CCCCC. The molecular formula is C43H76O8. The second-order valence-electron chi connectivity index (χ2n) is 13.9. The number of esters is 2. The molecule has 0 aliphatic heterocycles. The van der Waals surface area contributed by atoms with E-state index in [1.54, 1.807) is 36.5 Å². The predicted octanol–water partition coefficient (Wildman–Crippen LogP) is 9.53. The third-order valence-electron chi connectivity index (χ3n) is 8.99. The van der Waals surface area contributed by atoms with E-state index in [4.69, 9.17) is 9.47 Å². The summed E-state index contributed by atoms with van der Waals surface area (Å²) < 4.78 is 10.4. The van der Waals surface area contributed by atoms with Crippen molar-refractivity contribution < 1.29 is 39.5 Å². The molecule has 0 unspecified atom stereocenters. The molecule has 0 amide bonds. The molecule has 0 fully saturated rings. The highest BCUT2D eigenvalue weighted by atomic mass is 16.6. The normalized spacial score (nSPS) is 14.5. The summed E-state index contributed by atoms with van der Waals surface area (Å²) in [7, 11) is 0. The Morgan fingerprint density at radius 1 is 0.529 bits per heavy atom. The van der Waals surface area contributed by atoms with Crippen LogP contribution in [0.1, 0.15) is 174 Å². The lowest BCUT2D eigenvalue weighted by atomic mass is 10.0. The Morgan fingerprint density at radius 2 is 0.980 bits per heavy atom. The van der Waals surface area contributed by atoms with E-state index in [0.29, 0.717) is 6.42 Å². The zero-order valence-corrected chi connectivity index (χ0v) is 32.4. The molecule has 8 heteroatoms.